The Morgan fingerprint density at radius 2 is 1.81 bits per heavy atom. The highest BCUT2D eigenvalue weighted by atomic mass is 16.7. The van der Waals surface area contributed by atoms with E-state index in [1.54, 1.807) is 14.2 Å². The predicted octanol–water partition coefficient (Wildman–Crippen LogP) is 5.67. The molecule has 1 fully saturated rings. The fourth-order valence-corrected chi connectivity index (χ4v) is 4.43. The number of esters is 1. The largest absolute Gasteiger partial charge is 0.469 e. The normalized spacial score (nSPS) is 18.1. The Labute approximate surface area is 188 Å². The summed E-state index contributed by atoms with van der Waals surface area (Å²) >= 11 is 0. The molecule has 5 nitrogen and oxygen atoms in total. The van der Waals surface area contributed by atoms with E-state index >= 15 is 0 Å². The summed E-state index contributed by atoms with van der Waals surface area (Å²) in [5.41, 5.74) is 2.63. The summed E-state index contributed by atoms with van der Waals surface area (Å²) < 4.78 is 16.5. The molecule has 0 aliphatic carbocycles. The molecule has 0 radical (unpaired) electrons. The van der Waals surface area contributed by atoms with Gasteiger partial charge in [-0.25, -0.2) is 0 Å². The van der Waals surface area contributed by atoms with Crippen molar-refractivity contribution in [3.8, 4) is 0 Å². The van der Waals surface area contributed by atoms with Crippen molar-refractivity contribution in [3.63, 3.8) is 0 Å². The van der Waals surface area contributed by atoms with E-state index in [0.29, 0.717) is 6.42 Å². The molecule has 0 aromatic heterocycles. The average Bonchev–Trinajstić information content (AvgIpc) is 3.18. The number of carbonyl (C=O) groups excluding carboxylic acids is 1. The monoisotopic (exact) mass is 431 g/mol. The molecule has 1 heterocycles. The van der Waals surface area contributed by atoms with E-state index < -0.39 is 5.79 Å². The van der Waals surface area contributed by atoms with E-state index in [2.05, 4.69) is 48.2 Å². The van der Waals surface area contributed by atoms with Crippen LogP contribution in [0.1, 0.15) is 70.3 Å². The van der Waals surface area contributed by atoms with Gasteiger partial charge in [0.05, 0.1) is 13.2 Å². The third-order valence-corrected chi connectivity index (χ3v) is 6.37. The molecular weight excluding hydrogens is 390 g/mol. The zero-order valence-electron chi connectivity index (χ0n) is 19.9. The van der Waals surface area contributed by atoms with Gasteiger partial charge in [-0.15, -0.1) is 0 Å². The summed E-state index contributed by atoms with van der Waals surface area (Å²) in [6, 6.07) is 9.11. The number of anilines is 1. The number of unbranched alkanes of at least 4 members (excludes halogenated alkanes) is 4. The number of carbonyl (C=O) groups is 1. The summed E-state index contributed by atoms with van der Waals surface area (Å²) in [5.74, 6) is -0.753. The molecule has 174 valence electrons. The number of benzene rings is 1. The Bertz CT molecular complexity index is 666. The molecule has 2 rings (SSSR count). The Morgan fingerprint density at radius 3 is 2.45 bits per heavy atom. The highest BCUT2D eigenvalue weighted by Gasteiger charge is 2.47. The van der Waals surface area contributed by atoms with Crippen LogP contribution in [0.2, 0.25) is 0 Å². The lowest BCUT2D eigenvalue weighted by molar-refractivity contribution is -0.208. The lowest BCUT2D eigenvalue weighted by Gasteiger charge is -2.36. The quantitative estimate of drug-likeness (QED) is 0.164. The Morgan fingerprint density at radius 1 is 1.06 bits per heavy atom. The second-order valence-electron chi connectivity index (χ2n) is 8.33. The molecule has 1 aromatic carbocycles. The number of rotatable bonds is 14. The second-order valence-corrected chi connectivity index (χ2v) is 8.33. The first-order chi connectivity index (χ1) is 15.1. The molecule has 5 heteroatoms. The summed E-state index contributed by atoms with van der Waals surface area (Å²) in [4.78, 5) is 13.7. The Balaban J connectivity index is 1.99. The van der Waals surface area contributed by atoms with Crippen molar-refractivity contribution in [2.75, 3.05) is 32.8 Å². The van der Waals surface area contributed by atoms with Crippen LogP contribution >= 0.6 is 0 Å². The average molecular weight is 432 g/mol. The fourth-order valence-electron chi connectivity index (χ4n) is 4.43. The number of allylic oxidation sites excluding steroid dienone is 1. The molecule has 0 bridgehead atoms. The molecule has 1 unspecified atom stereocenters. The summed E-state index contributed by atoms with van der Waals surface area (Å²) in [5, 5.41) is 0. The van der Waals surface area contributed by atoms with Gasteiger partial charge in [-0.3, -0.25) is 4.79 Å². The number of hydrogen-bond donors (Lipinski definition) is 0. The van der Waals surface area contributed by atoms with Gasteiger partial charge in [0.25, 0.3) is 0 Å². The number of aryl methyl sites for hydroxylation is 1. The first-order valence-electron chi connectivity index (χ1n) is 11.8. The summed E-state index contributed by atoms with van der Waals surface area (Å²) in [7, 11) is 4.90. The van der Waals surface area contributed by atoms with E-state index in [-0.39, 0.29) is 12.0 Å². The van der Waals surface area contributed by atoms with Crippen LogP contribution in [0.15, 0.2) is 36.4 Å². The number of hydrogen-bond acceptors (Lipinski definition) is 5. The molecule has 1 saturated heterocycles. The summed E-state index contributed by atoms with van der Waals surface area (Å²) in [6.45, 7) is 3.15. The van der Waals surface area contributed by atoms with Crippen molar-refractivity contribution < 1.29 is 19.0 Å². The third kappa shape index (κ3) is 7.36. The minimum absolute atomic E-state index is 0.106. The fraction of sp³-hybridized carbons (Fsp3) is 0.654. The minimum atomic E-state index is -0.602. The van der Waals surface area contributed by atoms with Crippen LogP contribution in [0.5, 0.6) is 0 Å². The van der Waals surface area contributed by atoms with Crippen molar-refractivity contribution in [2.45, 2.75) is 83.0 Å². The van der Waals surface area contributed by atoms with Crippen LogP contribution in [0.3, 0.4) is 0 Å². The van der Waals surface area contributed by atoms with Crippen LogP contribution in [0, 0.1) is 0 Å². The molecule has 0 spiro atoms. The lowest BCUT2D eigenvalue weighted by Crippen LogP contribution is -2.47. The van der Waals surface area contributed by atoms with Gasteiger partial charge in [-0.1, -0.05) is 50.5 Å². The van der Waals surface area contributed by atoms with Crippen molar-refractivity contribution in [1.82, 2.24) is 0 Å². The molecule has 1 aromatic rings. The summed E-state index contributed by atoms with van der Waals surface area (Å²) in [6.07, 6.45) is 14.4. The van der Waals surface area contributed by atoms with Gasteiger partial charge in [0.15, 0.2) is 5.79 Å². The number of methoxy groups -OCH3 is 3. The van der Waals surface area contributed by atoms with Gasteiger partial charge in [0.1, 0.15) is 0 Å². The molecule has 1 atom stereocenters. The van der Waals surface area contributed by atoms with Gasteiger partial charge in [0.2, 0.25) is 0 Å². The van der Waals surface area contributed by atoms with E-state index in [0.717, 1.165) is 38.6 Å². The van der Waals surface area contributed by atoms with E-state index in [9.17, 15) is 4.79 Å². The lowest BCUT2D eigenvalue weighted by atomic mass is 10.0. The first-order valence-corrected chi connectivity index (χ1v) is 11.8. The third-order valence-electron chi connectivity index (χ3n) is 6.37. The van der Waals surface area contributed by atoms with Crippen LogP contribution in [-0.4, -0.2) is 45.7 Å². The molecule has 1 aliphatic heterocycles. The van der Waals surface area contributed by atoms with Crippen LogP contribution < -0.4 is 4.90 Å². The maximum absolute atomic E-state index is 11.2. The van der Waals surface area contributed by atoms with Crippen molar-refractivity contribution in [2.24, 2.45) is 0 Å². The Kier molecular flexibility index (Phi) is 11.1. The maximum atomic E-state index is 11.2. The van der Waals surface area contributed by atoms with Crippen LogP contribution in [-0.2, 0) is 25.4 Å². The number of ether oxygens (including phenoxy) is 3. The minimum Gasteiger partial charge on any atom is -0.469 e. The SMILES string of the molecule is CCCCCCc1ccc(N2CCC(OC)(OC)C2CC=CCCCC(=O)OC)cc1. The highest BCUT2D eigenvalue weighted by molar-refractivity contribution is 5.69. The van der Waals surface area contributed by atoms with E-state index in [4.69, 9.17) is 14.2 Å². The van der Waals surface area contributed by atoms with Gasteiger partial charge >= 0.3 is 5.97 Å². The molecule has 1 aliphatic rings. The molecule has 0 N–H and O–H groups in total. The van der Waals surface area contributed by atoms with Gasteiger partial charge in [0, 0.05) is 39.3 Å². The maximum Gasteiger partial charge on any atom is 0.305 e. The van der Waals surface area contributed by atoms with Gasteiger partial charge in [-0.05, 0) is 49.8 Å². The Hall–Kier alpha value is -1.85. The smallest absolute Gasteiger partial charge is 0.305 e. The van der Waals surface area contributed by atoms with Crippen molar-refractivity contribution >= 4 is 11.7 Å². The molecule has 0 saturated carbocycles. The van der Waals surface area contributed by atoms with Gasteiger partial charge in [-0.2, -0.15) is 0 Å². The number of nitrogens with zero attached hydrogens (tertiary/aromatic N) is 1. The standard InChI is InChI=1S/C26H41NO4/c1-5-6-7-10-13-22-16-18-23(19-17-22)27-21-20-26(30-3,31-4)24(27)14-11-8-9-12-15-25(28)29-2/h8,11,16-19,24H,5-7,9-10,12-15,20-21H2,1-4H3. The van der Waals surface area contributed by atoms with Crippen LogP contribution in [0.25, 0.3) is 0 Å². The van der Waals surface area contributed by atoms with E-state index in [1.807, 2.05) is 0 Å². The highest BCUT2D eigenvalue weighted by Crippen LogP contribution is 2.38. The molecule has 0 amide bonds. The van der Waals surface area contributed by atoms with Gasteiger partial charge < -0.3 is 19.1 Å². The van der Waals surface area contributed by atoms with Crippen molar-refractivity contribution in [1.29, 1.82) is 0 Å². The topological polar surface area (TPSA) is 48.0 Å². The zero-order chi connectivity index (χ0) is 22.5. The molecular formula is C26H41NO4. The second kappa shape index (κ2) is 13.5. The predicted molar refractivity (Wildman–Crippen MR) is 126 cm³/mol. The first kappa shape index (κ1) is 25.4. The van der Waals surface area contributed by atoms with Crippen molar-refractivity contribution in [3.05, 3.63) is 42.0 Å². The zero-order valence-corrected chi connectivity index (χ0v) is 19.9. The van der Waals surface area contributed by atoms with Crippen LogP contribution in [0.4, 0.5) is 5.69 Å². The molecule has 31 heavy (non-hydrogen) atoms. The van der Waals surface area contributed by atoms with E-state index in [1.165, 1.54) is 44.0 Å².